The summed E-state index contributed by atoms with van der Waals surface area (Å²) in [6.07, 6.45) is 0. The zero-order chi connectivity index (χ0) is 25.6. The smallest absolute Gasteiger partial charge is 0.518 e. The summed E-state index contributed by atoms with van der Waals surface area (Å²) in [6, 6.07) is 0.265. The molecule has 0 spiro atoms. The van der Waals surface area contributed by atoms with Gasteiger partial charge in [-0.1, -0.05) is 6.07 Å². The third kappa shape index (κ3) is 3.96. The van der Waals surface area contributed by atoms with E-state index in [-0.39, 0.29) is 12.1 Å². The molecule has 0 N–H and O–H groups in total. The summed E-state index contributed by atoms with van der Waals surface area (Å²) < 4.78 is 186. The highest BCUT2D eigenvalue weighted by Gasteiger charge is 2.39. The predicted molar refractivity (Wildman–Crippen MR) is 85.4 cm³/mol. The number of rotatable bonds is 5. The summed E-state index contributed by atoms with van der Waals surface area (Å²) in [6.45, 7) is 0. The van der Waals surface area contributed by atoms with Crippen LogP contribution in [0, 0.1) is 75.6 Å². The minimum Gasteiger partial charge on any atom is -0.518 e. The van der Waals surface area contributed by atoms with Crippen LogP contribution in [-0.4, -0.2) is 7.12 Å². The zero-order valence-corrected chi connectivity index (χ0v) is 15.5. The van der Waals surface area contributed by atoms with E-state index < -0.39 is 99.7 Å². The van der Waals surface area contributed by atoms with Gasteiger partial charge in [0.2, 0.25) is 58.2 Å². The van der Waals surface area contributed by atoms with E-state index in [0.717, 1.165) is 0 Å². The highest BCUT2D eigenvalue weighted by Crippen LogP contribution is 2.32. The number of hydrogen-bond acceptors (Lipinski definition) is 2. The van der Waals surface area contributed by atoms with Crippen LogP contribution in [0.15, 0.2) is 12.1 Å². The predicted octanol–water partition coefficient (Wildman–Crippen LogP) is 5.35. The van der Waals surface area contributed by atoms with E-state index in [9.17, 15) is 57.1 Å². The van der Waals surface area contributed by atoms with Crippen molar-refractivity contribution in [2.24, 2.45) is 0 Å². The van der Waals surface area contributed by atoms with Crippen molar-refractivity contribution in [3.05, 3.63) is 87.8 Å². The Bertz CT molecular complexity index is 1180. The van der Waals surface area contributed by atoms with Crippen LogP contribution in [0.5, 0.6) is 11.5 Å². The minimum atomic E-state index is -3.20. The summed E-state index contributed by atoms with van der Waals surface area (Å²) in [5.74, 6) is -38.0. The molecule has 0 aliphatic carbocycles. The lowest BCUT2D eigenvalue weighted by molar-refractivity contribution is 0.315. The Kier molecular flexibility index (Phi) is 6.62. The van der Waals surface area contributed by atoms with Crippen LogP contribution in [0.25, 0.3) is 0 Å². The van der Waals surface area contributed by atoms with Gasteiger partial charge in [-0.2, -0.15) is 17.6 Å². The van der Waals surface area contributed by atoms with Crippen LogP contribution in [0.3, 0.4) is 0 Å². The Labute approximate surface area is 179 Å². The molecule has 3 aromatic rings. The van der Waals surface area contributed by atoms with E-state index in [2.05, 4.69) is 9.31 Å². The fraction of sp³-hybridized carbons (Fsp3) is 0. The molecule has 3 rings (SSSR count). The molecule has 0 saturated heterocycles. The van der Waals surface area contributed by atoms with Gasteiger partial charge in [0.05, 0.1) is 5.46 Å². The second-order valence-electron chi connectivity index (χ2n) is 6.13. The second kappa shape index (κ2) is 8.98. The number of hydrogen-bond donors (Lipinski definition) is 0. The normalized spacial score (nSPS) is 11.1. The fourth-order valence-corrected chi connectivity index (χ4v) is 2.46. The van der Waals surface area contributed by atoms with E-state index in [4.69, 9.17) is 0 Å². The lowest BCUT2D eigenvalue weighted by Gasteiger charge is -2.20. The van der Waals surface area contributed by atoms with Crippen molar-refractivity contribution in [2.45, 2.75) is 0 Å². The number of halogens is 13. The standard InChI is InChI=1S/C18H2BF13O2/c20-4-2-1-3(5(21)6(4)22)19(33-17-13(29)9(25)7(23)10(26)14(17)30)34-18-15(31)11(27)8(24)12(28)16(18)32/h1-2H. The molecular formula is C18H2BF13O2. The van der Waals surface area contributed by atoms with Crippen LogP contribution in [0.1, 0.15) is 0 Å². The third-order valence-electron chi connectivity index (χ3n) is 4.11. The quantitative estimate of drug-likeness (QED) is 0.201. The molecule has 0 aromatic heterocycles. The topological polar surface area (TPSA) is 18.5 Å². The molecule has 0 heterocycles. The highest BCUT2D eigenvalue weighted by atomic mass is 19.2. The molecular weight excluding hydrogens is 506 g/mol. The summed E-state index contributed by atoms with van der Waals surface area (Å²) >= 11 is 0. The summed E-state index contributed by atoms with van der Waals surface area (Å²) in [5, 5.41) is 0. The maximum absolute atomic E-state index is 14.2. The van der Waals surface area contributed by atoms with Gasteiger partial charge in [-0.3, -0.25) is 0 Å². The molecule has 3 aromatic carbocycles. The molecule has 0 bridgehead atoms. The van der Waals surface area contributed by atoms with Gasteiger partial charge in [0, 0.05) is 0 Å². The monoisotopic (exact) mass is 508 g/mol. The van der Waals surface area contributed by atoms with Gasteiger partial charge in [0.25, 0.3) is 0 Å². The Morgan fingerprint density at radius 2 is 0.706 bits per heavy atom. The van der Waals surface area contributed by atoms with Gasteiger partial charge in [0.15, 0.2) is 29.0 Å². The molecule has 180 valence electrons. The Morgan fingerprint density at radius 3 is 1.06 bits per heavy atom. The van der Waals surface area contributed by atoms with E-state index in [0.29, 0.717) is 0 Å². The maximum Gasteiger partial charge on any atom is 0.636 e. The van der Waals surface area contributed by atoms with Crippen molar-refractivity contribution >= 4 is 12.6 Å². The first kappa shape index (κ1) is 25.0. The van der Waals surface area contributed by atoms with Crippen LogP contribution in [-0.2, 0) is 0 Å². The number of benzene rings is 3. The van der Waals surface area contributed by atoms with E-state index in [1.54, 1.807) is 0 Å². The van der Waals surface area contributed by atoms with Crippen molar-refractivity contribution in [1.29, 1.82) is 0 Å². The molecule has 16 heteroatoms. The summed E-state index contributed by atoms with van der Waals surface area (Å²) in [7, 11) is -3.20. The summed E-state index contributed by atoms with van der Waals surface area (Å²) in [4.78, 5) is 0. The zero-order valence-electron chi connectivity index (χ0n) is 15.5. The largest absolute Gasteiger partial charge is 0.636 e. The maximum atomic E-state index is 14.2. The van der Waals surface area contributed by atoms with Crippen LogP contribution < -0.4 is 14.8 Å². The van der Waals surface area contributed by atoms with Crippen molar-refractivity contribution in [3.8, 4) is 11.5 Å². The van der Waals surface area contributed by atoms with E-state index in [1.165, 1.54) is 0 Å². The van der Waals surface area contributed by atoms with Crippen molar-refractivity contribution in [3.63, 3.8) is 0 Å². The van der Waals surface area contributed by atoms with Gasteiger partial charge >= 0.3 is 7.12 Å². The van der Waals surface area contributed by atoms with Crippen LogP contribution in [0.2, 0.25) is 0 Å². The first-order valence-electron chi connectivity index (χ1n) is 8.29. The molecule has 0 atom stereocenters. The van der Waals surface area contributed by atoms with Gasteiger partial charge in [-0.25, -0.2) is 39.5 Å². The van der Waals surface area contributed by atoms with Gasteiger partial charge in [-0.05, 0) is 6.07 Å². The Morgan fingerprint density at radius 1 is 0.382 bits per heavy atom. The van der Waals surface area contributed by atoms with Crippen LogP contribution in [0.4, 0.5) is 57.1 Å². The van der Waals surface area contributed by atoms with E-state index in [1.807, 2.05) is 0 Å². The van der Waals surface area contributed by atoms with Crippen molar-refractivity contribution < 1.29 is 66.4 Å². The molecule has 2 nitrogen and oxygen atoms in total. The van der Waals surface area contributed by atoms with Crippen molar-refractivity contribution in [2.75, 3.05) is 0 Å². The molecule has 0 unspecified atom stereocenters. The molecule has 0 amide bonds. The SMILES string of the molecule is Fc1ccc(B(Oc2c(F)c(F)c(F)c(F)c2F)Oc2c(F)c(F)c(F)c(F)c2F)c(F)c1F. The van der Waals surface area contributed by atoms with Gasteiger partial charge in [-0.15, -0.1) is 0 Å². The molecule has 0 aliphatic rings. The molecule has 34 heavy (non-hydrogen) atoms. The molecule has 0 aliphatic heterocycles. The lowest BCUT2D eigenvalue weighted by atomic mass is 9.77. The lowest BCUT2D eigenvalue weighted by Crippen LogP contribution is -2.46. The second-order valence-corrected chi connectivity index (χ2v) is 6.13. The van der Waals surface area contributed by atoms with E-state index >= 15 is 0 Å². The fourth-order valence-electron chi connectivity index (χ4n) is 2.46. The Hall–Kier alpha value is -3.59. The summed E-state index contributed by atoms with van der Waals surface area (Å²) in [5.41, 5.74) is -1.55. The highest BCUT2D eigenvalue weighted by molar-refractivity contribution is 6.62. The molecule has 0 radical (unpaired) electrons. The van der Waals surface area contributed by atoms with Gasteiger partial charge < -0.3 is 9.31 Å². The average molecular weight is 508 g/mol. The minimum absolute atomic E-state index is 0.102. The van der Waals surface area contributed by atoms with Gasteiger partial charge in [0.1, 0.15) is 0 Å². The Balaban J connectivity index is 2.24. The molecule has 0 fully saturated rings. The third-order valence-corrected chi connectivity index (χ3v) is 4.11. The first-order chi connectivity index (χ1) is 15.8. The van der Waals surface area contributed by atoms with Crippen molar-refractivity contribution in [1.82, 2.24) is 0 Å². The molecule has 0 saturated carbocycles. The van der Waals surface area contributed by atoms with Crippen LogP contribution >= 0.6 is 0 Å². The average Bonchev–Trinajstić information content (AvgIpc) is 2.82. The first-order valence-corrected chi connectivity index (χ1v) is 8.29.